The number of hydrogen-bond acceptors (Lipinski definition) is 1. The van der Waals surface area contributed by atoms with Crippen molar-refractivity contribution in [1.29, 1.82) is 0 Å². The van der Waals surface area contributed by atoms with Crippen molar-refractivity contribution in [3.8, 4) is 0 Å². The van der Waals surface area contributed by atoms with Gasteiger partial charge in [0.1, 0.15) is 5.82 Å². The molecule has 1 atom stereocenters. The van der Waals surface area contributed by atoms with Crippen LogP contribution in [0.5, 0.6) is 0 Å². The lowest BCUT2D eigenvalue weighted by atomic mass is 9.95. The first kappa shape index (κ1) is 13.0. The Kier molecular flexibility index (Phi) is 4.21. The van der Waals surface area contributed by atoms with Crippen molar-refractivity contribution in [2.24, 2.45) is 11.8 Å². The Morgan fingerprint density at radius 3 is 2.88 bits per heavy atom. The maximum absolute atomic E-state index is 13.4. The van der Waals surface area contributed by atoms with Gasteiger partial charge in [0.05, 0.1) is 4.47 Å². The zero-order chi connectivity index (χ0) is 12.4. The molecule has 17 heavy (non-hydrogen) atoms. The van der Waals surface area contributed by atoms with Crippen LogP contribution >= 0.6 is 15.9 Å². The second-order valence-corrected chi connectivity index (χ2v) is 6.03. The van der Waals surface area contributed by atoms with Crippen molar-refractivity contribution in [3.63, 3.8) is 0 Å². The van der Waals surface area contributed by atoms with E-state index in [2.05, 4.69) is 34.7 Å². The molecule has 1 fully saturated rings. The topological polar surface area (TPSA) is 3.24 Å². The Hall–Kier alpha value is -0.410. The van der Waals surface area contributed by atoms with Crippen molar-refractivity contribution >= 4 is 15.9 Å². The van der Waals surface area contributed by atoms with Crippen LogP contribution in [0.15, 0.2) is 22.7 Å². The molecule has 2 rings (SSSR count). The second-order valence-electron chi connectivity index (χ2n) is 5.24. The molecule has 1 aliphatic rings. The molecule has 0 amide bonds. The van der Waals surface area contributed by atoms with Crippen molar-refractivity contribution < 1.29 is 4.39 Å². The summed E-state index contributed by atoms with van der Waals surface area (Å²) in [5.74, 6) is 1.38. The summed E-state index contributed by atoms with van der Waals surface area (Å²) >= 11 is 3.33. The SMILES string of the molecule is CC(C)C1CCN(Cc2cccc(F)c2Br)C1. The molecule has 0 N–H and O–H groups in total. The third kappa shape index (κ3) is 3.08. The standard InChI is InChI=1S/C14H19BrFN/c1-10(2)11-6-7-17(8-11)9-12-4-3-5-13(16)14(12)15/h3-5,10-11H,6-9H2,1-2H3. The maximum atomic E-state index is 13.4. The normalized spacial score (nSPS) is 21.4. The summed E-state index contributed by atoms with van der Waals surface area (Å²) in [4.78, 5) is 2.42. The van der Waals surface area contributed by atoms with Crippen LogP contribution < -0.4 is 0 Å². The molecule has 1 aromatic carbocycles. The van der Waals surface area contributed by atoms with Crippen LogP contribution in [-0.4, -0.2) is 18.0 Å². The van der Waals surface area contributed by atoms with Crippen LogP contribution in [-0.2, 0) is 6.54 Å². The summed E-state index contributed by atoms with van der Waals surface area (Å²) in [6, 6.07) is 5.27. The Morgan fingerprint density at radius 1 is 1.47 bits per heavy atom. The first-order chi connectivity index (χ1) is 8.08. The van der Waals surface area contributed by atoms with Gasteiger partial charge in [-0.15, -0.1) is 0 Å². The minimum Gasteiger partial charge on any atom is -0.299 e. The lowest BCUT2D eigenvalue weighted by Crippen LogP contribution is -2.21. The molecule has 0 spiro atoms. The highest BCUT2D eigenvalue weighted by Crippen LogP contribution is 2.27. The van der Waals surface area contributed by atoms with E-state index in [9.17, 15) is 4.39 Å². The van der Waals surface area contributed by atoms with E-state index in [-0.39, 0.29) is 5.82 Å². The summed E-state index contributed by atoms with van der Waals surface area (Å²) in [6.45, 7) is 7.69. The van der Waals surface area contributed by atoms with Gasteiger partial charge in [0, 0.05) is 13.1 Å². The molecular weight excluding hydrogens is 281 g/mol. The molecule has 0 aromatic heterocycles. The first-order valence-electron chi connectivity index (χ1n) is 6.23. The molecule has 3 heteroatoms. The van der Waals surface area contributed by atoms with Gasteiger partial charge in [-0.3, -0.25) is 4.90 Å². The van der Waals surface area contributed by atoms with Crippen LogP contribution in [0.3, 0.4) is 0 Å². The van der Waals surface area contributed by atoms with Gasteiger partial charge >= 0.3 is 0 Å². The van der Waals surface area contributed by atoms with Crippen LogP contribution in [0.2, 0.25) is 0 Å². The van der Waals surface area contributed by atoms with Gasteiger partial charge in [-0.25, -0.2) is 4.39 Å². The molecule has 0 bridgehead atoms. The summed E-state index contributed by atoms with van der Waals surface area (Å²) in [5, 5.41) is 0. The van der Waals surface area contributed by atoms with E-state index < -0.39 is 0 Å². The summed E-state index contributed by atoms with van der Waals surface area (Å²) in [5.41, 5.74) is 1.05. The van der Waals surface area contributed by atoms with Gasteiger partial charge in [-0.2, -0.15) is 0 Å². The van der Waals surface area contributed by atoms with Gasteiger partial charge in [0.15, 0.2) is 0 Å². The van der Waals surface area contributed by atoms with Crippen LogP contribution in [0.4, 0.5) is 4.39 Å². The smallest absolute Gasteiger partial charge is 0.137 e. The number of hydrogen-bond donors (Lipinski definition) is 0. The fourth-order valence-electron chi connectivity index (χ4n) is 2.46. The van der Waals surface area contributed by atoms with Crippen molar-refractivity contribution in [3.05, 3.63) is 34.1 Å². The molecule has 1 aliphatic heterocycles. The molecule has 1 aromatic rings. The van der Waals surface area contributed by atoms with E-state index in [1.807, 2.05) is 6.07 Å². The molecule has 0 saturated carbocycles. The Morgan fingerprint density at radius 2 is 2.24 bits per heavy atom. The largest absolute Gasteiger partial charge is 0.299 e. The van der Waals surface area contributed by atoms with Gasteiger partial charge in [0.2, 0.25) is 0 Å². The summed E-state index contributed by atoms with van der Waals surface area (Å²) in [6.07, 6.45) is 1.27. The molecule has 94 valence electrons. The van der Waals surface area contributed by atoms with Crippen LogP contribution in [0, 0.1) is 17.7 Å². The number of nitrogens with zero attached hydrogens (tertiary/aromatic N) is 1. The van der Waals surface area contributed by atoms with E-state index >= 15 is 0 Å². The minimum atomic E-state index is -0.165. The zero-order valence-corrected chi connectivity index (χ0v) is 12.0. The Labute approximate surface area is 111 Å². The number of rotatable bonds is 3. The second kappa shape index (κ2) is 5.49. The molecular formula is C14H19BrFN. The summed E-state index contributed by atoms with van der Waals surface area (Å²) < 4.78 is 14.0. The van der Waals surface area contributed by atoms with Crippen molar-refractivity contribution in [2.75, 3.05) is 13.1 Å². The fourth-order valence-corrected chi connectivity index (χ4v) is 2.85. The number of halogens is 2. The molecule has 1 nitrogen and oxygen atoms in total. The highest BCUT2D eigenvalue weighted by molar-refractivity contribution is 9.10. The highest BCUT2D eigenvalue weighted by Gasteiger charge is 2.25. The lowest BCUT2D eigenvalue weighted by Gasteiger charge is -2.18. The van der Waals surface area contributed by atoms with E-state index in [0.717, 1.165) is 37.0 Å². The van der Waals surface area contributed by atoms with Gasteiger partial charge in [0.25, 0.3) is 0 Å². The Bertz CT molecular complexity index is 392. The predicted octanol–water partition coefficient (Wildman–Crippen LogP) is 4.07. The molecule has 1 saturated heterocycles. The number of benzene rings is 1. The molecule has 0 aliphatic carbocycles. The van der Waals surface area contributed by atoms with Crippen molar-refractivity contribution in [2.45, 2.75) is 26.8 Å². The third-order valence-corrected chi connectivity index (χ3v) is 4.57. The average Bonchev–Trinajstić information content (AvgIpc) is 2.73. The van der Waals surface area contributed by atoms with E-state index in [1.54, 1.807) is 6.07 Å². The first-order valence-corrected chi connectivity index (χ1v) is 7.02. The number of likely N-dealkylation sites (tertiary alicyclic amines) is 1. The van der Waals surface area contributed by atoms with Gasteiger partial charge in [-0.1, -0.05) is 26.0 Å². The van der Waals surface area contributed by atoms with E-state index in [4.69, 9.17) is 0 Å². The van der Waals surface area contributed by atoms with Crippen LogP contribution in [0.1, 0.15) is 25.8 Å². The monoisotopic (exact) mass is 299 g/mol. The Balaban J connectivity index is 2.00. The average molecular weight is 300 g/mol. The quantitative estimate of drug-likeness (QED) is 0.813. The lowest BCUT2D eigenvalue weighted by molar-refractivity contribution is 0.296. The fraction of sp³-hybridized carbons (Fsp3) is 0.571. The maximum Gasteiger partial charge on any atom is 0.137 e. The molecule has 1 heterocycles. The predicted molar refractivity (Wildman–Crippen MR) is 72.3 cm³/mol. The van der Waals surface area contributed by atoms with Gasteiger partial charge < -0.3 is 0 Å². The molecule has 1 unspecified atom stereocenters. The minimum absolute atomic E-state index is 0.165. The van der Waals surface area contributed by atoms with Crippen LogP contribution in [0.25, 0.3) is 0 Å². The van der Waals surface area contributed by atoms with Crippen molar-refractivity contribution in [1.82, 2.24) is 4.90 Å². The zero-order valence-electron chi connectivity index (χ0n) is 10.4. The van der Waals surface area contributed by atoms with Gasteiger partial charge in [-0.05, 0) is 52.4 Å². The third-order valence-electron chi connectivity index (χ3n) is 3.68. The van der Waals surface area contributed by atoms with E-state index in [0.29, 0.717) is 4.47 Å². The van der Waals surface area contributed by atoms with E-state index in [1.165, 1.54) is 12.5 Å². The molecule has 0 radical (unpaired) electrons. The highest BCUT2D eigenvalue weighted by atomic mass is 79.9. The summed E-state index contributed by atoms with van der Waals surface area (Å²) in [7, 11) is 0.